The maximum atomic E-state index is 5.90. The summed E-state index contributed by atoms with van der Waals surface area (Å²) in [6, 6.07) is 4.29. The van der Waals surface area contributed by atoms with Gasteiger partial charge in [-0.2, -0.15) is 12.6 Å². The Morgan fingerprint density at radius 2 is 2.12 bits per heavy atom. The third-order valence-electron chi connectivity index (χ3n) is 3.73. The van der Waals surface area contributed by atoms with Gasteiger partial charge in [0.15, 0.2) is 0 Å². The van der Waals surface area contributed by atoms with Gasteiger partial charge in [-0.05, 0) is 30.0 Å². The minimum atomic E-state index is 0.372. The van der Waals surface area contributed by atoms with Crippen molar-refractivity contribution in [1.82, 2.24) is 0 Å². The van der Waals surface area contributed by atoms with Crippen LogP contribution in [0.2, 0.25) is 0 Å². The number of thiophene rings is 1. The van der Waals surface area contributed by atoms with Crippen LogP contribution in [0.4, 0.5) is 0 Å². The zero-order valence-corrected chi connectivity index (χ0v) is 12.1. The molecule has 3 heteroatoms. The summed E-state index contributed by atoms with van der Waals surface area (Å²) in [6.45, 7) is 1.76. The van der Waals surface area contributed by atoms with Crippen LogP contribution in [0, 0.1) is 5.41 Å². The van der Waals surface area contributed by atoms with E-state index in [1.165, 1.54) is 37.0 Å². The predicted octanol–water partition coefficient (Wildman–Crippen LogP) is 4.19. The first kappa shape index (κ1) is 13.4. The lowest BCUT2D eigenvalue weighted by atomic mass is 9.76. The van der Waals surface area contributed by atoms with Crippen molar-refractivity contribution in [2.75, 3.05) is 19.0 Å². The molecule has 1 heterocycles. The van der Waals surface area contributed by atoms with Crippen molar-refractivity contribution in [2.45, 2.75) is 38.5 Å². The molecular weight excluding hydrogens is 248 g/mol. The lowest BCUT2D eigenvalue weighted by Gasteiger charge is -2.35. The average molecular weight is 270 g/mol. The highest BCUT2D eigenvalue weighted by Gasteiger charge is 2.30. The summed E-state index contributed by atoms with van der Waals surface area (Å²) in [4.78, 5) is 1.42. The smallest absolute Gasteiger partial charge is 0.0530 e. The zero-order chi connectivity index (χ0) is 12.0. The maximum absolute atomic E-state index is 5.90. The van der Waals surface area contributed by atoms with Crippen LogP contribution >= 0.6 is 24.0 Å². The molecule has 1 aromatic rings. The summed E-state index contributed by atoms with van der Waals surface area (Å²) in [5.41, 5.74) is 0.372. The van der Waals surface area contributed by atoms with Crippen molar-refractivity contribution < 1.29 is 4.74 Å². The van der Waals surface area contributed by atoms with Gasteiger partial charge < -0.3 is 4.74 Å². The summed E-state index contributed by atoms with van der Waals surface area (Å²) in [7, 11) is 0. The van der Waals surface area contributed by atoms with E-state index in [0.29, 0.717) is 5.41 Å². The van der Waals surface area contributed by atoms with Crippen LogP contribution in [0.1, 0.15) is 37.0 Å². The Bertz CT molecular complexity index is 302. The summed E-state index contributed by atoms with van der Waals surface area (Å²) < 4.78 is 5.90. The molecule has 96 valence electrons. The van der Waals surface area contributed by atoms with Crippen LogP contribution in [0.5, 0.6) is 0 Å². The Morgan fingerprint density at radius 1 is 1.29 bits per heavy atom. The van der Waals surface area contributed by atoms with Gasteiger partial charge >= 0.3 is 0 Å². The second-order valence-corrected chi connectivity index (χ2v) is 6.45. The Balaban J connectivity index is 1.69. The second-order valence-electron chi connectivity index (χ2n) is 5.10. The van der Waals surface area contributed by atoms with Gasteiger partial charge in [0.1, 0.15) is 0 Å². The largest absolute Gasteiger partial charge is 0.380 e. The molecule has 0 aromatic carbocycles. The number of rotatable bonds is 6. The molecule has 0 amide bonds. The Kier molecular flexibility index (Phi) is 5.39. The monoisotopic (exact) mass is 270 g/mol. The molecule has 0 radical (unpaired) electrons. The van der Waals surface area contributed by atoms with E-state index in [2.05, 4.69) is 30.1 Å². The van der Waals surface area contributed by atoms with Crippen LogP contribution < -0.4 is 0 Å². The molecule has 0 aliphatic heterocycles. The normalized spacial score (nSPS) is 19.4. The van der Waals surface area contributed by atoms with Crippen LogP contribution in [0.25, 0.3) is 0 Å². The average Bonchev–Trinajstić information content (AvgIpc) is 2.89. The van der Waals surface area contributed by atoms with Crippen molar-refractivity contribution >= 4 is 24.0 Å². The quantitative estimate of drug-likeness (QED) is 0.602. The fraction of sp³-hybridized carbons (Fsp3) is 0.714. The third kappa shape index (κ3) is 4.01. The van der Waals surface area contributed by atoms with Gasteiger partial charge in [0.25, 0.3) is 0 Å². The van der Waals surface area contributed by atoms with E-state index in [9.17, 15) is 0 Å². The highest BCUT2D eigenvalue weighted by atomic mass is 32.1. The Hall–Kier alpha value is 0.01000. The number of hydrogen-bond donors (Lipinski definition) is 1. The van der Waals surface area contributed by atoms with Gasteiger partial charge in [0.2, 0.25) is 0 Å². The van der Waals surface area contributed by atoms with Crippen LogP contribution in [-0.4, -0.2) is 19.0 Å². The molecule has 1 aliphatic rings. The van der Waals surface area contributed by atoms with Crippen LogP contribution in [-0.2, 0) is 11.2 Å². The first-order valence-corrected chi connectivity index (χ1v) is 8.07. The van der Waals surface area contributed by atoms with E-state index in [4.69, 9.17) is 4.74 Å². The van der Waals surface area contributed by atoms with Gasteiger partial charge in [-0.1, -0.05) is 25.3 Å². The molecule has 0 atom stereocenters. The van der Waals surface area contributed by atoms with Crippen molar-refractivity contribution in [3.05, 3.63) is 22.4 Å². The predicted molar refractivity (Wildman–Crippen MR) is 78.2 cm³/mol. The SMILES string of the molecule is SCC1(COCCc2cccs2)CCCCC1. The fourth-order valence-electron chi connectivity index (χ4n) is 2.57. The second kappa shape index (κ2) is 6.81. The van der Waals surface area contributed by atoms with Gasteiger partial charge in [0.05, 0.1) is 13.2 Å². The summed E-state index contributed by atoms with van der Waals surface area (Å²) in [5, 5.41) is 2.13. The molecule has 1 saturated carbocycles. The first-order chi connectivity index (χ1) is 8.35. The molecule has 1 aromatic heterocycles. The molecule has 1 fully saturated rings. The summed E-state index contributed by atoms with van der Waals surface area (Å²) in [5.74, 6) is 0.978. The van der Waals surface area contributed by atoms with Gasteiger partial charge in [-0.15, -0.1) is 11.3 Å². The van der Waals surface area contributed by atoms with E-state index < -0.39 is 0 Å². The fourth-order valence-corrected chi connectivity index (χ4v) is 3.66. The van der Waals surface area contributed by atoms with Crippen molar-refractivity contribution in [1.29, 1.82) is 0 Å². The van der Waals surface area contributed by atoms with Crippen LogP contribution in [0.3, 0.4) is 0 Å². The minimum Gasteiger partial charge on any atom is -0.380 e. The van der Waals surface area contributed by atoms with Crippen molar-refractivity contribution in [3.63, 3.8) is 0 Å². The molecule has 0 bridgehead atoms. The topological polar surface area (TPSA) is 9.23 Å². The Morgan fingerprint density at radius 3 is 2.76 bits per heavy atom. The lowest BCUT2D eigenvalue weighted by molar-refractivity contribution is 0.0361. The van der Waals surface area contributed by atoms with E-state index in [0.717, 1.165) is 25.4 Å². The molecule has 0 unspecified atom stereocenters. The highest BCUT2D eigenvalue weighted by molar-refractivity contribution is 7.80. The lowest BCUT2D eigenvalue weighted by Crippen LogP contribution is -2.31. The standard InChI is InChI=1S/C14H22OS2/c16-12-14(7-2-1-3-8-14)11-15-9-6-13-5-4-10-17-13/h4-5,10,16H,1-3,6-9,11-12H2. The van der Waals surface area contributed by atoms with Crippen molar-refractivity contribution in [2.24, 2.45) is 5.41 Å². The maximum Gasteiger partial charge on any atom is 0.0530 e. The third-order valence-corrected chi connectivity index (χ3v) is 5.34. The highest BCUT2D eigenvalue weighted by Crippen LogP contribution is 2.37. The molecule has 17 heavy (non-hydrogen) atoms. The Labute approximate surface area is 114 Å². The molecule has 1 aliphatic carbocycles. The molecule has 0 spiro atoms. The van der Waals surface area contributed by atoms with E-state index >= 15 is 0 Å². The number of ether oxygens (including phenoxy) is 1. The van der Waals surface area contributed by atoms with E-state index in [1.54, 1.807) is 0 Å². The van der Waals surface area contributed by atoms with Gasteiger partial charge in [-0.25, -0.2) is 0 Å². The number of thiol groups is 1. The number of hydrogen-bond acceptors (Lipinski definition) is 3. The molecule has 2 rings (SSSR count). The van der Waals surface area contributed by atoms with Gasteiger partial charge in [0, 0.05) is 16.7 Å². The molecule has 0 saturated heterocycles. The molecule has 1 nitrogen and oxygen atoms in total. The van der Waals surface area contributed by atoms with Gasteiger partial charge in [-0.3, -0.25) is 0 Å². The minimum absolute atomic E-state index is 0.372. The van der Waals surface area contributed by atoms with Crippen molar-refractivity contribution in [3.8, 4) is 0 Å². The molecule has 0 N–H and O–H groups in total. The summed E-state index contributed by atoms with van der Waals surface area (Å²) >= 11 is 6.35. The molecular formula is C14H22OS2. The first-order valence-electron chi connectivity index (χ1n) is 6.56. The van der Waals surface area contributed by atoms with E-state index in [-0.39, 0.29) is 0 Å². The van der Waals surface area contributed by atoms with E-state index in [1.807, 2.05) is 11.3 Å². The summed E-state index contributed by atoms with van der Waals surface area (Å²) in [6.07, 6.45) is 7.76. The van der Waals surface area contributed by atoms with Crippen LogP contribution in [0.15, 0.2) is 17.5 Å². The zero-order valence-electron chi connectivity index (χ0n) is 10.4.